The molecule has 0 saturated heterocycles. The normalized spacial score (nSPS) is 10.4. The van der Waals surface area contributed by atoms with Gasteiger partial charge in [0.25, 0.3) is 0 Å². The maximum absolute atomic E-state index is 13.1. The van der Waals surface area contributed by atoms with Crippen LogP contribution in [0.4, 0.5) is 15.9 Å². The SMILES string of the molecule is CNCc1ccc(N(C)c2cccc(F)c2)nn1. The van der Waals surface area contributed by atoms with Gasteiger partial charge in [-0.1, -0.05) is 6.07 Å². The van der Waals surface area contributed by atoms with Crippen molar-refractivity contribution in [3.63, 3.8) is 0 Å². The lowest BCUT2D eigenvalue weighted by Crippen LogP contribution is -2.13. The molecular formula is C13H15FN4. The van der Waals surface area contributed by atoms with Gasteiger partial charge in [-0.05, 0) is 37.4 Å². The van der Waals surface area contributed by atoms with Crippen molar-refractivity contribution in [2.75, 3.05) is 19.0 Å². The Morgan fingerprint density at radius 2 is 2.06 bits per heavy atom. The topological polar surface area (TPSA) is 41.0 Å². The molecule has 1 N–H and O–H groups in total. The molecule has 0 aliphatic heterocycles. The van der Waals surface area contributed by atoms with Crippen LogP contribution in [0.15, 0.2) is 36.4 Å². The summed E-state index contributed by atoms with van der Waals surface area (Å²) < 4.78 is 13.1. The lowest BCUT2D eigenvalue weighted by Gasteiger charge is -2.17. The van der Waals surface area contributed by atoms with Gasteiger partial charge in [-0.25, -0.2) is 4.39 Å². The quantitative estimate of drug-likeness (QED) is 0.897. The van der Waals surface area contributed by atoms with E-state index in [4.69, 9.17) is 0 Å². The molecule has 2 aromatic rings. The Morgan fingerprint density at radius 1 is 1.22 bits per heavy atom. The van der Waals surface area contributed by atoms with Crippen LogP contribution in [0.1, 0.15) is 5.69 Å². The second kappa shape index (κ2) is 5.55. The lowest BCUT2D eigenvalue weighted by atomic mass is 10.3. The number of benzene rings is 1. The van der Waals surface area contributed by atoms with Crippen LogP contribution in [0.2, 0.25) is 0 Å². The minimum atomic E-state index is -0.265. The first-order valence-corrected chi connectivity index (χ1v) is 5.67. The summed E-state index contributed by atoms with van der Waals surface area (Å²) in [6.07, 6.45) is 0. The molecule has 1 aromatic carbocycles. The second-order valence-electron chi connectivity index (χ2n) is 3.95. The van der Waals surface area contributed by atoms with Gasteiger partial charge in [0.1, 0.15) is 5.82 Å². The Labute approximate surface area is 105 Å². The van der Waals surface area contributed by atoms with Crippen molar-refractivity contribution in [1.29, 1.82) is 0 Å². The summed E-state index contributed by atoms with van der Waals surface area (Å²) in [5.74, 6) is 0.416. The van der Waals surface area contributed by atoms with Crippen LogP contribution in [0.25, 0.3) is 0 Å². The Morgan fingerprint density at radius 3 is 2.67 bits per heavy atom. The maximum Gasteiger partial charge on any atom is 0.155 e. The van der Waals surface area contributed by atoms with E-state index in [0.29, 0.717) is 12.4 Å². The van der Waals surface area contributed by atoms with Crippen molar-refractivity contribution in [2.24, 2.45) is 0 Å². The predicted molar refractivity (Wildman–Crippen MR) is 69.3 cm³/mol. The summed E-state index contributed by atoms with van der Waals surface area (Å²) in [5.41, 5.74) is 1.61. The van der Waals surface area contributed by atoms with E-state index in [1.165, 1.54) is 12.1 Å². The zero-order valence-corrected chi connectivity index (χ0v) is 10.4. The van der Waals surface area contributed by atoms with E-state index in [0.717, 1.165) is 11.4 Å². The van der Waals surface area contributed by atoms with Gasteiger partial charge in [0.2, 0.25) is 0 Å². The summed E-state index contributed by atoms with van der Waals surface area (Å²) in [6.45, 7) is 0.678. The zero-order chi connectivity index (χ0) is 13.0. The average molecular weight is 246 g/mol. The lowest BCUT2D eigenvalue weighted by molar-refractivity contribution is 0.628. The number of aromatic nitrogens is 2. The van der Waals surface area contributed by atoms with E-state index in [9.17, 15) is 4.39 Å². The summed E-state index contributed by atoms with van der Waals surface area (Å²) in [6, 6.07) is 10.1. The zero-order valence-electron chi connectivity index (χ0n) is 10.4. The summed E-state index contributed by atoms with van der Waals surface area (Å²) in [4.78, 5) is 1.79. The van der Waals surface area contributed by atoms with Crippen molar-refractivity contribution >= 4 is 11.5 Å². The van der Waals surface area contributed by atoms with Gasteiger partial charge in [-0.3, -0.25) is 0 Å². The molecule has 18 heavy (non-hydrogen) atoms. The molecule has 1 aromatic heterocycles. The fraction of sp³-hybridized carbons (Fsp3) is 0.231. The third kappa shape index (κ3) is 2.81. The number of hydrogen-bond acceptors (Lipinski definition) is 4. The Hall–Kier alpha value is -2.01. The summed E-state index contributed by atoms with van der Waals surface area (Å²) in [7, 11) is 3.69. The number of anilines is 2. The molecule has 0 fully saturated rings. The molecular weight excluding hydrogens is 231 g/mol. The Kier molecular flexibility index (Phi) is 3.84. The smallest absolute Gasteiger partial charge is 0.155 e. The average Bonchev–Trinajstić information content (AvgIpc) is 2.39. The molecule has 5 heteroatoms. The molecule has 0 saturated carbocycles. The predicted octanol–water partition coefficient (Wildman–Crippen LogP) is 2.10. The first-order valence-electron chi connectivity index (χ1n) is 5.67. The van der Waals surface area contributed by atoms with Gasteiger partial charge in [0.15, 0.2) is 5.82 Å². The number of nitrogens with one attached hydrogen (secondary N) is 1. The van der Waals surface area contributed by atoms with Gasteiger partial charge < -0.3 is 10.2 Å². The van der Waals surface area contributed by atoms with Crippen molar-refractivity contribution in [1.82, 2.24) is 15.5 Å². The molecule has 0 amide bonds. The monoisotopic (exact) mass is 246 g/mol. The van der Waals surface area contributed by atoms with Crippen LogP contribution in [-0.4, -0.2) is 24.3 Å². The van der Waals surface area contributed by atoms with Gasteiger partial charge >= 0.3 is 0 Å². The van der Waals surface area contributed by atoms with Crippen LogP contribution < -0.4 is 10.2 Å². The van der Waals surface area contributed by atoms with E-state index < -0.39 is 0 Å². The van der Waals surface area contributed by atoms with Crippen LogP contribution in [0, 0.1) is 5.82 Å². The highest BCUT2D eigenvalue weighted by Crippen LogP contribution is 2.21. The van der Waals surface area contributed by atoms with Crippen molar-refractivity contribution in [3.05, 3.63) is 47.9 Å². The van der Waals surface area contributed by atoms with E-state index >= 15 is 0 Å². The fourth-order valence-electron chi connectivity index (χ4n) is 1.62. The molecule has 0 bridgehead atoms. The molecule has 1 heterocycles. The van der Waals surface area contributed by atoms with Gasteiger partial charge in [-0.2, -0.15) is 5.10 Å². The first kappa shape index (κ1) is 12.4. The van der Waals surface area contributed by atoms with Crippen molar-refractivity contribution in [3.8, 4) is 0 Å². The highest BCUT2D eigenvalue weighted by atomic mass is 19.1. The molecule has 2 rings (SSSR count). The summed E-state index contributed by atoms with van der Waals surface area (Å²) in [5, 5.41) is 11.2. The van der Waals surface area contributed by atoms with Crippen LogP contribution in [0.3, 0.4) is 0 Å². The molecule has 0 spiro atoms. The molecule has 0 radical (unpaired) electrons. The largest absolute Gasteiger partial charge is 0.328 e. The highest BCUT2D eigenvalue weighted by Gasteiger charge is 2.06. The minimum absolute atomic E-state index is 0.265. The minimum Gasteiger partial charge on any atom is -0.328 e. The number of hydrogen-bond donors (Lipinski definition) is 1. The van der Waals surface area contributed by atoms with E-state index in [1.54, 1.807) is 11.0 Å². The standard InChI is InChI=1S/C13H15FN4/c1-15-9-11-6-7-13(17-16-11)18(2)12-5-3-4-10(14)8-12/h3-8,15H,9H2,1-2H3. The van der Waals surface area contributed by atoms with Crippen LogP contribution in [0.5, 0.6) is 0 Å². The van der Waals surface area contributed by atoms with Crippen molar-refractivity contribution in [2.45, 2.75) is 6.54 Å². The maximum atomic E-state index is 13.1. The van der Waals surface area contributed by atoms with Crippen molar-refractivity contribution < 1.29 is 4.39 Å². The van der Waals surface area contributed by atoms with E-state index in [-0.39, 0.29) is 5.82 Å². The first-order chi connectivity index (χ1) is 8.70. The Balaban J connectivity index is 2.20. The third-order valence-corrected chi connectivity index (χ3v) is 2.60. The molecule has 4 nitrogen and oxygen atoms in total. The highest BCUT2D eigenvalue weighted by molar-refractivity contribution is 5.58. The van der Waals surface area contributed by atoms with Gasteiger partial charge in [-0.15, -0.1) is 5.10 Å². The van der Waals surface area contributed by atoms with Gasteiger partial charge in [0.05, 0.1) is 5.69 Å². The molecule has 0 aliphatic rings. The molecule has 94 valence electrons. The Bertz CT molecular complexity index is 513. The number of nitrogens with zero attached hydrogens (tertiary/aromatic N) is 3. The molecule has 0 aliphatic carbocycles. The van der Waals surface area contributed by atoms with Crippen LogP contribution >= 0.6 is 0 Å². The fourth-order valence-corrected chi connectivity index (χ4v) is 1.62. The molecule has 0 atom stereocenters. The number of halogens is 1. The second-order valence-corrected chi connectivity index (χ2v) is 3.95. The van der Waals surface area contributed by atoms with E-state index in [2.05, 4.69) is 15.5 Å². The molecule has 0 unspecified atom stereocenters. The third-order valence-electron chi connectivity index (χ3n) is 2.60. The van der Waals surface area contributed by atoms with E-state index in [1.807, 2.05) is 32.3 Å². The van der Waals surface area contributed by atoms with Gasteiger partial charge in [0, 0.05) is 19.3 Å². The number of rotatable bonds is 4. The summed E-state index contributed by atoms with van der Waals surface area (Å²) >= 11 is 0. The van der Waals surface area contributed by atoms with Crippen LogP contribution in [-0.2, 0) is 6.54 Å².